The predicted octanol–water partition coefficient (Wildman–Crippen LogP) is 4.11. The number of benzene rings is 4. The van der Waals surface area contributed by atoms with Crippen LogP contribution in [0.15, 0.2) is 115 Å². The van der Waals surface area contributed by atoms with E-state index in [1.54, 1.807) is 0 Å². The van der Waals surface area contributed by atoms with Crippen LogP contribution in [0.4, 0.5) is 0 Å². The summed E-state index contributed by atoms with van der Waals surface area (Å²) in [7, 11) is 0. The first kappa shape index (κ1) is 32.1. The zero-order chi connectivity index (χ0) is 26.6. The standard InChI is InChI=1S/C24H25.C13H10.2ClH.Zr/c1-15(2)19-11-7-10-18-14-22-21(24(18)19)13-12-20(16(3)4)23(22)17-8-5-6-9-17;1-3-7-12(8-4-1)11-13-9-5-2-6-10-13;;;/h5-8,10-16H,9H2,1-4H3;1-10H;2*1H;/q-1;;;;+2/p-2. The Balaban J connectivity index is 0.000000238. The van der Waals surface area contributed by atoms with Crippen LogP contribution < -0.4 is 24.8 Å². The van der Waals surface area contributed by atoms with Gasteiger partial charge in [-0.25, -0.2) is 0 Å². The zero-order valence-electron chi connectivity index (χ0n) is 23.6. The van der Waals surface area contributed by atoms with Gasteiger partial charge in [-0.2, -0.15) is 0 Å². The molecule has 40 heavy (non-hydrogen) atoms. The van der Waals surface area contributed by atoms with Crippen LogP contribution in [-0.2, 0) is 24.2 Å². The molecule has 6 rings (SSSR count). The molecule has 0 N–H and O–H groups in total. The van der Waals surface area contributed by atoms with E-state index in [1.165, 1.54) is 82.4 Å². The summed E-state index contributed by atoms with van der Waals surface area (Å²) >= 11 is 1.46. The van der Waals surface area contributed by atoms with Crippen molar-refractivity contribution in [2.24, 2.45) is 0 Å². The summed E-state index contributed by atoms with van der Waals surface area (Å²) in [5, 5.41) is 5.68. The molecule has 0 nitrogen and oxygen atoms in total. The minimum absolute atomic E-state index is 0. The van der Waals surface area contributed by atoms with Crippen LogP contribution in [0.1, 0.15) is 73.8 Å². The Labute approximate surface area is 266 Å². The summed E-state index contributed by atoms with van der Waals surface area (Å²) in [5.41, 5.74) is 8.53. The predicted molar refractivity (Wildman–Crippen MR) is 163 cm³/mol. The van der Waals surface area contributed by atoms with Crippen molar-refractivity contribution in [3.63, 3.8) is 0 Å². The number of fused-ring (bicyclic) bond motifs is 3. The normalized spacial score (nSPS) is 12.2. The fourth-order valence-corrected chi connectivity index (χ4v) is 6.33. The summed E-state index contributed by atoms with van der Waals surface area (Å²) in [6, 6.07) is 35.0. The number of hydrogen-bond acceptors (Lipinski definition) is 0. The molecule has 0 aliphatic heterocycles. The van der Waals surface area contributed by atoms with Crippen molar-refractivity contribution < 1.29 is 49.0 Å². The SMILES string of the molecule is CC(C)c1ccc2c([cH-]c3cccc(C(C)C)c32)c1C1=CC=CC1.[Cl-].[Cl-].[Zr+2]=[C](c1ccccc1)c1ccccc1. The average molecular weight is 642 g/mol. The molecule has 0 amide bonds. The Bertz CT molecular complexity index is 1600. The summed E-state index contributed by atoms with van der Waals surface area (Å²) in [6.07, 6.45) is 7.81. The Kier molecular flexibility index (Phi) is 11.6. The van der Waals surface area contributed by atoms with Crippen LogP contribution in [0.5, 0.6) is 0 Å². The Morgan fingerprint density at radius 3 is 1.82 bits per heavy atom. The maximum absolute atomic E-state index is 2.41. The van der Waals surface area contributed by atoms with Gasteiger partial charge in [0.15, 0.2) is 0 Å². The first-order valence-electron chi connectivity index (χ1n) is 13.7. The second-order valence-electron chi connectivity index (χ2n) is 10.7. The van der Waals surface area contributed by atoms with Gasteiger partial charge in [-0.1, -0.05) is 92.5 Å². The van der Waals surface area contributed by atoms with Crippen molar-refractivity contribution in [2.45, 2.75) is 46.0 Å². The second-order valence-corrected chi connectivity index (χ2v) is 11.9. The second kappa shape index (κ2) is 14.5. The molecule has 0 spiro atoms. The van der Waals surface area contributed by atoms with Gasteiger partial charge in [0.2, 0.25) is 0 Å². The fourth-order valence-electron chi connectivity index (χ4n) is 5.51. The molecule has 0 unspecified atom stereocenters. The number of halogens is 2. The molecule has 3 heteroatoms. The van der Waals surface area contributed by atoms with Crippen molar-refractivity contribution in [3.8, 4) is 0 Å². The molecule has 0 fully saturated rings. The van der Waals surface area contributed by atoms with Gasteiger partial charge in [0.05, 0.1) is 0 Å². The number of rotatable bonds is 5. The third-order valence-electron chi connectivity index (χ3n) is 7.44. The van der Waals surface area contributed by atoms with E-state index in [2.05, 4.69) is 143 Å². The van der Waals surface area contributed by atoms with E-state index < -0.39 is 0 Å². The van der Waals surface area contributed by atoms with Gasteiger partial charge in [-0.15, -0.1) is 33.7 Å². The van der Waals surface area contributed by atoms with Crippen LogP contribution in [0.3, 0.4) is 0 Å². The van der Waals surface area contributed by atoms with Gasteiger partial charge in [-0.05, 0) is 18.3 Å². The maximum atomic E-state index is 2.41. The van der Waals surface area contributed by atoms with Crippen molar-refractivity contribution in [2.75, 3.05) is 0 Å². The van der Waals surface area contributed by atoms with Crippen molar-refractivity contribution >= 4 is 30.3 Å². The molecule has 0 radical (unpaired) electrons. The molecule has 0 heterocycles. The quantitative estimate of drug-likeness (QED) is 0.254. The molecule has 0 saturated carbocycles. The van der Waals surface area contributed by atoms with E-state index >= 15 is 0 Å². The van der Waals surface area contributed by atoms with Gasteiger partial charge >= 0.3 is 99.2 Å². The van der Waals surface area contributed by atoms with E-state index in [-0.39, 0.29) is 24.8 Å². The van der Waals surface area contributed by atoms with Crippen molar-refractivity contribution in [1.82, 2.24) is 0 Å². The van der Waals surface area contributed by atoms with Crippen LogP contribution in [0, 0.1) is 0 Å². The Morgan fingerprint density at radius 2 is 1.30 bits per heavy atom. The number of allylic oxidation sites excluding steroid dienone is 4. The summed E-state index contributed by atoms with van der Waals surface area (Å²) < 4.78 is 1.42. The van der Waals surface area contributed by atoms with Crippen LogP contribution in [-0.4, -0.2) is 3.21 Å². The third kappa shape index (κ3) is 6.71. The van der Waals surface area contributed by atoms with Gasteiger partial charge in [0.1, 0.15) is 0 Å². The van der Waals surface area contributed by atoms with Crippen LogP contribution in [0.25, 0.3) is 27.1 Å². The first-order chi connectivity index (χ1) is 18.5. The monoisotopic (exact) mass is 639 g/mol. The molecular weight excluding hydrogens is 607 g/mol. The molecule has 1 aliphatic carbocycles. The summed E-state index contributed by atoms with van der Waals surface area (Å²) in [4.78, 5) is 0. The Hall–Kier alpha value is -2.44. The minimum atomic E-state index is 0. The molecular formula is C37H35Cl2Zr-. The average Bonchev–Trinajstić information content (AvgIpc) is 3.61. The van der Waals surface area contributed by atoms with E-state index in [0.717, 1.165) is 6.42 Å². The van der Waals surface area contributed by atoms with Gasteiger partial charge < -0.3 is 24.8 Å². The van der Waals surface area contributed by atoms with E-state index in [4.69, 9.17) is 0 Å². The third-order valence-corrected chi connectivity index (χ3v) is 8.86. The fraction of sp³-hybridized carbons (Fsp3) is 0.189. The molecule has 1 aliphatic rings. The van der Waals surface area contributed by atoms with Crippen LogP contribution in [0.2, 0.25) is 0 Å². The molecule has 0 aromatic heterocycles. The van der Waals surface area contributed by atoms with Gasteiger partial charge in [0, 0.05) is 0 Å². The van der Waals surface area contributed by atoms with E-state index in [0.29, 0.717) is 11.8 Å². The molecule has 202 valence electrons. The summed E-state index contributed by atoms with van der Waals surface area (Å²) in [6.45, 7) is 9.19. The summed E-state index contributed by atoms with van der Waals surface area (Å²) in [5.74, 6) is 1.08. The van der Waals surface area contributed by atoms with E-state index in [9.17, 15) is 0 Å². The Morgan fingerprint density at radius 1 is 0.700 bits per heavy atom. The van der Waals surface area contributed by atoms with Crippen molar-refractivity contribution in [3.05, 3.63) is 143 Å². The molecule has 0 bridgehead atoms. The first-order valence-corrected chi connectivity index (χ1v) is 14.9. The number of hydrogen-bond donors (Lipinski definition) is 0. The molecule has 5 aromatic rings. The van der Waals surface area contributed by atoms with E-state index in [1.807, 2.05) is 0 Å². The molecule has 0 saturated heterocycles. The topological polar surface area (TPSA) is 0 Å². The van der Waals surface area contributed by atoms with Gasteiger partial charge in [0.25, 0.3) is 0 Å². The van der Waals surface area contributed by atoms with Crippen LogP contribution >= 0.6 is 0 Å². The van der Waals surface area contributed by atoms with Crippen molar-refractivity contribution in [1.29, 1.82) is 0 Å². The van der Waals surface area contributed by atoms with Gasteiger partial charge in [-0.3, -0.25) is 0 Å². The zero-order valence-corrected chi connectivity index (χ0v) is 27.6. The molecule has 0 atom stereocenters. The molecule has 5 aromatic carbocycles.